The molecule has 1 heterocycles. The molecule has 0 saturated heterocycles. The highest BCUT2D eigenvalue weighted by Crippen LogP contribution is 2.30. The zero-order valence-electron chi connectivity index (χ0n) is 9.23. The fraction of sp³-hybridized carbons (Fsp3) is 0.444. The second-order valence-corrected chi connectivity index (χ2v) is 7.04. The molecular weight excluding hydrogens is 286 g/mol. The average molecular weight is 298 g/mol. The lowest BCUT2D eigenvalue weighted by Crippen LogP contribution is -2.39. The van der Waals surface area contributed by atoms with E-state index in [-0.39, 0.29) is 10.6 Å². The van der Waals surface area contributed by atoms with Crippen molar-refractivity contribution in [1.82, 2.24) is 4.72 Å². The third-order valence-corrected chi connectivity index (χ3v) is 5.60. The Morgan fingerprint density at radius 1 is 1.65 bits per heavy atom. The fourth-order valence-electron chi connectivity index (χ4n) is 1.12. The van der Waals surface area contributed by atoms with Gasteiger partial charge in [-0.2, -0.15) is 4.72 Å². The average Bonchev–Trinajstić information content (AvgIpc) is 2.56. The zero-order chi connectivity index (χ0) is 13.2. The number of carboxylic acid groups (broad SMARTS) is 1. The highest BCUT2D eigenvalue weighted by Gasteiger charge is 2.25. The molecule has 0 fully saturated rings. The van der Waals surface area contributed by atoms with E-state index < -0.39 is 22.0 Å². The minimum absolute atomic E-state index is 0.0275. The maximum Gasteiger partial charge on any atom is 0.321 e. The van der Waals surface area contributed by atoms with Crippen LogP contribution in [-0.2, 0) is 14.8 Å². The number of nitrogens with one attached hydrogen (secondary N) is 1. The Morgan fingerprint density at radius 3 is 2.59 bits per heavy atom. The number of hydrogen-bond acceptors (Lipinski definition) is 4. The van der Waals surface area contributed by atoms with Gasteiger partial charge in [-0.15, -0.1) is 11.3 Å². The van der Waals surface area contributed by atoms with Crippen LogP contribution in [0.1, 0.15) is 18.9 Å². The lowest BCUT2D eigenvalue weighted by Gasteiger charge is -2.11. The normalized spacial score (nSPS) is 13.6. The summed E-state index contributed by atoms with van der Waals surface area (Å²) >= 11 is 6.69. The number of aryl methyl sites for hydroxylation is 1. The lowest BCUT2D eigenvalue weighted by atomic mass is 10.2. The maximum absolute atomic E-state index is 11.8. The van der Waals surface area contributed by atoms with E-state index in [1.807, 2.05) is 0 Å². The van der Waals surface area contributed by atoms with E-state index in [1.54, 1.807) is 13.8 Å². The molecular formula is C9H12ClNO4S2. The number of hydrogen-bond donors (Lipinski definition) is 2. The molecule has 17 heavy (non-hydrogen) atoms. The second kappa shape index (κ2) is 5.34. The van der Waals surface area contributed by atoms with Gasteiger partial charge in [-0.3, -0.25) is 4.79 Å². The number of rotatable bonds is 5. The quantitative estimate of drug-likeness (QED) is 0.869. The smallest absolute Gasteiger partial charge is 0.321 e. The Bertz CT molecular complexity index is 504. The van der Waals surface area contributed by atoms with E-state index in [1.165, 1.54) is 6.07 Å². The summed E-state index contributed by atoms with van der Waals surface area (Å²) in [6.45, 7) is 3.28. The summed E-state index contributed by atoms with van der Waals surface area (Å²) in [6.07, 6.45) is 0.173. The van der Waals surface area contributed by atoms with Crippen LogP contribution in [0.2, 0.25) is 4.34 Å². The molecule has 0 aliphatic carbocycles. The van der Waals surface area contributed by atoms with Gasteiger partial charge < -0.3 is 5.11 Å². The van der Waals surface area contributed by atoms with Crippen molar-refractivity contribution >= 4 is 38.9 Å². The van der Waals surface area contributed by atoms with Gasteiger partial charge in [-0.05, 0) is 25.0 Å². The lowest BCUT2D eigenvalue weighted by molar-refractivity contribution is -0.139. The highest BCUT2D eigenvalue weighted by molar-refractivity contribution is 7.91. The molecule has 0 amide bonds. The van der Waals surface area contributed by atoms with Gasteiger partial charge in [0.25, 0.3) is 10.0 Å². The van der Waals surface area contributed by atoms with Crippen molar-refractivity contribution in [2.45, 2.75) is 30.5 Å². The van der Waals surface area contributed by atoms with E-state index >= 15 is 0 Å². The van der Waals surface area contributed by atoms with Gasteiger partial charge in [0, 0.05) is 0 Å². The van der Waals surface area contributed by atoms with Gasteiger partial charge in [-0.1, -0.05) is 18.5 Å². The molecule has 1 aromatic heterocycles. The van der Waals surface area contributed by atoms with E-state index in [9.17, 15) is 13.2 Å². The zero-order valence-corrected chi connectivity index (χ0v) is 11.6. The molecule has 0 saturated carbocycles. The summed E-state index contributed by atoms with van der Waals surface area (Å²) in [5.74, 6) is -1.20. The number of carboxylic acids is 1. The molecule has 0 aliphatic rings. The molecule has 1 aromatic rings. The fourth-order valence-corrected chi connectivity index (χ4v) is 4.11. The summed E-state index contributed by atoms with van der Waals surface area (Å²) in [5.41, 5.74) is 0.653. The Labute approximate surface area is 108 Å². The molecule has 0 aromatic carbocycles. The molecule has 0 radical (unpaired) electrons. The highest BCUT2D eigenvalue weighted by atomic mass is 35.5. The predicted octanol–water partition coefficient (Wildman–Crippen LogP) is 1.85. The van der Waals surface area contributed by atoms with Crippen molar-refractivity contribution in [3.63, 3.8) is 0 Å². The maximum atomic E-state index is 11.8. The monoisotopic (exact) mass is 297 g/mol. The second-order valence-electron chi connectivity index (χ2n) is 3.44. The number of aliphatic carboxylic acids is 1. The van der Waals surface area contributed by atoms with Gasteiger partial charge >= 0.3 is 5.97 Å². The summed E-state index contributed by atoms with van der Waals surface area (Å²) in [7, 11) is -3.82. The SMILES string of the molecule is CCC(NS(=O)(=O)c1cc(C)c(Cl)s1)C(=O)O. The van der Waals surface area contributed by atoms with E-state index in [0.717, 1.165) is 11.3 Å². The number of carbonyl (C=O) groups is 1. The molecule has 1 unspecified atom stereocenters. The molecule has 1 rings (SSSR count). The van der Waals surface area contributed by atoms with Crippen molar-refractivity contribution < 1.29 is 18.3 Å². The molecule has 96 valence electrons. The van der Waals surface area contributed by atoms with E-state index in [0.29, 0.717) is 9.90 Å². The Kier molecular flexibility index (Phi) is 4.54. The van der Waals surface area contributed by atoms with Crippen molar-refractivity contribution in [3.05, 3.63) is 16.0 Å². The van der Waals surface area contributed by atoms with E-state index in [2.05, 4.69) is 4.72 Å². The summed E-state index contributed by atoms with van der Waals surface area (Å²) in [4.78, 5) is 10.8. The first-order chi connectivity index (χ1) is 7.77. The van der Waals surface area contributed by atoms with Crippen LogP contribution in [0.4, 0.5) is 0 Å². The van der Waals surface area contributed by atoms with E-state index in [4.69, 9.17) is 16.7 Å². The minimum atomic E-state index is -3.82. The molecule has 8 heteroatoms. The number of sulfonamides is 1. The van der Waals surface area contributed by atoms with Crippen LogP contribution in [0.5, 0.6) is 0 Å². The molecule has 0 aliphatic heterocycles. The summed E-state index contributed by atoms with van der Waals surface area (Å²) in [5, 5.41) is 8.79. The Morgan fingerprint density at radius 2 is 2.24 bits per heavy atom. The van der Waals surface area contributed by atoms with Crippen LogP contribution < -0.4 is 4.72 Å². The first kappa shape index (κ1) is 14.4. The molecule has 0 bridgehead atoms. The van der Waals surface area contributed by atoms with Gasteiger partial charge in [0.1, 0.15) is 10.3 Å². The van der Waals surface area contributed by atoms with Crippen molar-refractivity contribution in [2.75, 3.05) is 0 Å². The molecule has 1 atom stereocenters. The predicted molar refractivity (Wildman–Crippen MR) is 66.1 cm³/mol. The third-order valence-electron chi connectivity index (χ3n) is 2.10. The van der Waals surface area contributed by atoms with Crippen molar-refractivity contribution in [2.24, 2.45) is 0 Å². The van der Waals surface area contributed by atoms with Crippen LogP contribution in [0, 0.1) is 6.92 Å². The van der Waals surface area contributed by atoms with Crippen LogP contribution in [-0.4, -0.2) is 25.5 Å². The van der Waals surface area contributed by atoms with Gasteiger partial charge in [0.15, 0.2) is 0 Å². The Hall–Kier alpha value is -0.630. The largest absolute Gasteiger partial charge is 0.480 e. The first-order valence-electron chi connectivity index (χ1n) is 4.79. The number of thiophene rings is 1. The van der Waals surface area contributed by atoms with Crippen LogP contribution >= 0.6 is 22.9 Å². The van der Waals surface area contributed by atoms with Gasteiger partial charge in [-0.25, -0.2) is 8.42 Å². The summed E-state index contributed by atoms with van der Waals surface area (Å²) in [6, 6.07) is 0.297. The molecule has 5 nitrogen and oxygen atoms in total. The molecule has 2 N–H and O–H groups in total. The topological polar surface area (TPSA) is 83.5 Å². The van der Waals surface area contributed by atoms with Gasteiger partial charge in [0.2, 0.25) is 0 Å². The van der Waals surface area contributed by atoms with Crippen LogP contribution in [0.15, 0.2) is 10.3 Å². The van der Waals surface area contributed by atoms with Crippen molar-refractivity contribution in [1.29, 1.82) is 0 Å². The third kappa shape index (κ3) is 3.41. The minimum Gasteiger partial charge on any atom is -0.480 e. The standard InChI is InChI=1S/C9H12ClNO4S2/c1-3-6(9(12)13)11-17(14,15)7-4-5(2)8(10)16-7/h4,6,11H,3H2,1-2H3,(H,12,13). The molecule has 0 spiro atoms. The Balaban J connectivity index is 3.00. The first-order valence-corrected chi connectivity index (χ1v) is 7.46. The van der Waals surface area contributed by atoms with Crippen LogP contribution in [0.3, 0.4) is 0 Å². The van der Waals surface area contributed by atoms with Crippen molar-refractivity contribution in [3.8, 4) is 0 Å². The summed E-state index contributed by atoms with van der Waals surface area (Å²) < 4.78 is 26.2. The number of halogens is 1. The van der Waals surface area contributed by atoms with Gasteiger partial charge in [0.05, 0.1) is 4.34 Å². The van der Waals surface area contributed by atoms with Crippen LogP contribution in [0.25, 0.3) is 0 Å².